The fraction of sp³-hybridized carbons (Fsp3) is 0.571. The number of rotatable bonds is 3. The van der Waals surface area contributed by atoms with E-state index < -0.39 is 26.1 Å². The first-order valence-electron chi connectivity index (χ1n) is 6.65. The Balaban J connectivity index is 2.56. The third kappa shape index (κ3) is 2.81. The van der Waals surface area contributed by atoms with Crippen molar-refractivity contribution < 1.29 is 17.5 Å². The van der Waals surface area contributed by atoms with Crippen LogP contribution in [0.5, 0.6) is 5.75 Å². The van der Waals surface area contributed by atoms with Crippen molar-refractivity contribution in [3.63, 3.8) is 0 Å². The first kappa shape index (κ1) is 15.3. The average Bonchev–Trinajstić information content (AvgIpc) is 2.37. The van der Waals surface area contributed by atoms with Gasteiger partial charge >= 0.3 is 0 Å². The summed E-state index contributed by atoms with van der Waals surface area (Å²) in [4.78, 5) is -0.400. The summed E-state index contributed by atoms with van der Waals surface area (Å²) < 4.78 is 42.6. The summed E-state index contributed by atoms with van der Waals surface area (Å²) in [6, 6.07) is 2.80. The Morgan fingerprint density at radius 2 is 1.85 bits per heavy atom. The predicted octanol–water partition coefficient (Wildman–Crippen LogP) is 2.36. The van der Waals surface area contributed by atoms with Crippen LogP contribution in [-0.4, -0.2) is 21.8 Å². The van der Waals surface area contributed by atoms with Gasteiger partial charge in [-0.15, -0.1) is 0 Å². The van der Waals surface area contributed by atoms with Crippen LogP contribution in [0.2, 0.25) is 0 Å². The molecule has 0 aliphatic heterocycles. The zero-order chi connectivity index (χ0) is 15.0. The van der Waals surface area contributed by atoms with Gasteiger partial charge in [0.25, 0.3) is 0 Å². The van der Waals surface area contributed by atoms with E-state index in [-0.39, 0.29) is 5.75 Å². The second kappa shape index (κ2) is 5.33. The van der Waals surface area contributed by atoms with Gasteiger partial charge in [-0.3, -0.25) is 0 Å². The second-order valence-corrected chi connectivity index (χ2v) is 7.43. The number of methoxy groups -OCH3 is 1. The molecule has 0 amide bonds. The molecule has 0 heterocycles. The summed E-state index contributed by atoms with van der Waals surface area (Å²) in [5.41, 5.74) is 6.38. The van der Waals surface area contributed by atoms with Crippen molar-refractivity contribution >= 4 is 9.84 Å². The summed E-state index contributed by atoms with van der Waals surface area (Å²) in [5, 5.41) is 0. The van der Waals surface area contributed by atoms with E-state index in [1.54, 1.807) is 6.07 Å². The molecule has 1 aromatic carbocycles. The van der Waals surface area contributed by atoms with Crippen molar-refractivity contribution in [2.75, 3.05) is 13.4 Å². The van der Waals surface area contributed by atoms with Crippen molar-refractivity contribution in [2.24, 2.45) is 5.73 Å². The van der Waals surface area contributed by atoms with Crippen molar-refractivity contribution in [1.82, 2.24) is 0 Å². The van der Waals surface area contributed by atoms with Crippen molar-refractivity contribution in [2.45, 2.75) is 42.5 Å². The highest BCUT2D eigenvalue weighted by Crippen LogP contribution is 2.38. The molecule has 1 saturated carbocycles. The molecule has 20 heavy (non-hydrogen) atoms. The van der Waals surface area contributed by atoms with Gasteiger partial charge < -0.3 is 10.5 Å². The third-order valence-electron chi connectivity index (χ3n) is 3.92. The maximum atomic E-state index is 14.2. The first-order chi connectivity index (χ1) is 9.28. The molecule has 4 nitrogen and oxygen atoms in total. The minimum atomic E-state index is -3.68. The molecule has 1 aliphatic rings. The van der Waals surface area contributed by atoms with E-state index >= 15 is 0 Å². The highest BCUT2D eigenvalue weighted by Gasteiger charge is 2.32. The van der Waals surface area contributed by atoms with E-state index in [2.05, 4.69) is 0 Å². The minimum absolute atomic E-state index is 0.0258. The van der Waals surface area contributed by atoms with Crippen LogP contribution in [0.4, 0.5) is 4.39 Å². The molecule has 0 spiro atoms. The largest absolute Gasteiger partial charge is 0.495 e. The van der Waals surface area contributed by atoms with E-state index in [9.17, 15) is 12.8 Å². The van der Waals surface area contributed by atoms with Gasteiger partial charge in [0.05, 0.1) is 7.11 Å². The molecule has 2 rings (SSSR count). The lowest BCUT2D eigenvalue weighted by atomic mass is 9.77. The smallest absolute Gasteiger partial charge is 0.182 e. The minimum Gasteiger partial charge on any atom is -0.495 e. The number of hydrogen-bond donors (Lipinski definition) is 1. The summed E-state index contributed by atoms with van der Waals surface area (Å²) in [6.07, 6.45) is 5.62. The summed E-state index contributed by atoms with van der Waals surface area (Å²) >= 11 is 0. The Morgan fingerprint density at radius 3 is 2.35 bits per heavy atom. The molecule has 1 fully saturated rings. The highest BCUT2D eigenvalue weighted by atomic mass is 32.2. The third-order valence-corrected chi connectivity index (χ3v) is 5.06. The molecule has 1 aromatic rings. The van der Waals surface area contributed by atoms with Crippen LogP contribution in [0.15, 0.2) is 17.0 Å². The first-order valence-corrected chi connectivity index (χ1v) is 8.54. The molecule has 0 atom stereocenters. The lowest BCUT2D eigenvalue weighted by Crippen LogP contribution is -2.38. The average molecular weight is 301 g/mol. The Hall–Kier alpha value is -1.14. The van der Waals surface area contributed by atoms with Gasteiger partial charge in [0.1, 0.15) is 16.5 Å². The molecule has 0 radical (unpaired) electrons. The van der Waals surface area contributed by atoms with Crippen LogP contribution >= 0.6 is 0 Å². The number of sulfone groups is 1. The lowest BCUT2D eigenvalue weighted by molar-refractivity contribution is 0.298. The zero-order valence-corrected chi connectivity index (χ0v) is 12.6. The van der Waals surface area contributed by atoms with Crippen LogP contribution in [0.1, 0.15) is 37.7 Å². The number of ether oxygens (including phenoxy) is 1. The Kier molecular flexibility index (Phi) is 4.07. The van der Waals surface area contributed by atoms with E-state index in [0.29, 0.717) is 5.56 Å². The lowest BCUT2D eigenvalue weighted by Gasteiger charge is -2.34. The Labute approximate surface area is 119 Å². The second-order valence-electron chi connectivity index (χ2n) is 5.48. The monoisotopic (exact) mass is 301 g/mol. The molecule has 2 N–H and O–H groups in total. The van der Waals surface area contributed by atoms with Crippen LogP contribution < -0.4 is 10.5 Å². The standard InChI is InChI=1S/C14H20FNO3S/c1-19-12-9-10(14(16)6-4-3-5-7-14)8-11(15)13(12)20(2,17)18/h8-9H,3-7,16H2,1-2H3. The predicted molar refractivity (Wildman–Crippen MR) is 75.0 cm³/mol. The number of benzene rings is 1. The van der Waals surface area contributed by atoms with E-state index in [4.69, 9.17) is 10.5 Å². The number of halogens is 1. The van der Waals surface area contributed by atoms with Gasteiger partial charge in [0.15, 0.2) is 9.84 Å². The van der Waals surface area contributed by atoms with Crippen molar-refractivity contribution in [1.29, 1.82) is 0 Å². The van der Waals surface area contributed by atoms with E-state index in [1.165, 1.54) is 13.2 Å². The van der Waals surface area contributed by atoms with Crippen LogP contribution in [0.3, 0.4) is 0 Å². The van der Waals surface area contributed by atoms with E-state index in [0.717, 1.165) is 38.4 Å². The fourth-order valence-electron chi connectivity index (χ4n) is 2.84. The van der Waals surface area contributed by atoms with Crippen molar-refractivity contribution in [3.8, 4) is 5.75 Å². The zero-order valence-electron chi connectivity index (χ0n) is 11.8. The molecule has 0 bridgehead atoms. The topological polar surface area (TPSA) is 69.4 Å². The van der Waals surface area contributed by atoms with Crippen molar-refractivity contribution in [3.05, 3.63) is 23.5 Å². The SMILES string of the molecule is COc1cc(C2(N)CCCCC2)cc(F)c1S(C)(=O)=O. The molecule has 0 aromatic heterocycles. The van der Waals surface area contributed by atoms with Crippen LogP contribution in [-0.2, 0) is 15.4 Å². The molecule has 0 unspecified atom stereocenters. The van der Waals surface area contributed by atoms with Crippen LogP contribution in [0.25, 0.3) is 0 Å². The van der Waals surface area contributed by atoms with Gasteiger partial charge in [0, 0.05) is 11.8 Å². The number of hydrogen-bond acceptors (Lipinski definition) is 4. The quantitative estimate of drug-likeness (QED) is 0.930. The molecule has 6 heteroatoms. The summed E-state index contributed by atoms with van der Waals surface area (Å²) in [5.74, 6) is -0.768. The normalized spacial score (nSPS) is 18.8. The molecule has 1 aliphatic carbocycles. The van der Waals surface area contributed by atoms with Gasteiger partial charge in [-0.05, 0) is 30.5 Å². The summed E-state index contributed by atoms with van der Waals surface area (Å²) in [7, 11) is -2.35. The molecule has 0 saturated heterocycles. The highest BCUT2D eigenvalue weighted by molar-refractivity contribution is 7.90. The Morgan fingerprint density at radius 1 is 1.25 bits per heavy atom. The molecule has 112 valence electrons. The fourth-order valence-corrected chi connectivity index (χ4v) is 3.76. The Bertz CT molecular complexity index is 607. The van der Waals surface area contributed by atoms with Gasteiger partial charge in [-0.2, -0.15) is 0 Å². The van der Waals surface area contributed by atoms with Gasteiger partial charge in [-0.1, -0.05) is 19.3 Å². The number of nitrogens with two attached hydrogens (primary N) is 1. The maximum Gasteiger partial charge on any atom is 0.182 e. The van der Waals surface area contributed by atoms with Gasteiger partial charge in [-0.25, -0.2) is 12.8 Å². The van der Waals surface area contributed by atoms with Crippen LogP contribution in [0, 0.1) is 5.82 Å². The summed E-state index contributed by atoms with van der Waals surface area (Å²) in [6.45, 7) is 0. The molecular formula is C14H20FNO3S. The molecular weight excluding hydrogens is 281 g/mol. The van der Waals surface area contributed by atoms with E-state index in [1.807, 2.05) is 0 Å². The van der Waals surface area contributed by atoms with Gasteiger partial charge in [0.2, 0.25) is 0 Å². The maximum absolute atomic E-state index is 14.2.